The van der Waals surface area contributed by atoms with Crippen LogP contribution in [0.4, 0.5) is 0 Å². The van der Waals surface area contributed by atoms with Crippen molar-refractivity contribution in [2.45, 2.75) is 32.2 Å². The molecule has 0 aromatic carbocycles. The molecule has 0 aromatic heterocycles. The maximum absolute atomic E-state index is 6.09. The largest absolute Gasteiger partial charge is 0.381 e. The zero-order valence-corrected chi connectivity index (χ0v) is 7.83. The molecule has 1 saturated heterocycles. The van der Waals surface area contributed by atoms with E-state index in [1.807, 2.05) is 0 Å². The van der Waals surface area contributed by atoms with Crippen molar-refractivity contribution in [2.24, 2.45) is 23.5 Å². The average molecular weight is 169 g/mol. The lowest BCUT2D eigenvalue weighted by molar-refractivity contribution is 0.182. The third kappa shape index (κ3) is 1.80. The quantitative estimate of drug-likeness (QED) is 0.693. The van der Waals surface area contributed by atoms with Crippen molar-refractivity contribution < 1.29 is 4.74 Å². The van der Waals surface area contributed by atoms with E-state index in [2.05, 4.69) is 6.92 Å². The van der Waals surface area contributed by atoms with E-state index in [0.717, 1.165) is 31.0 Å². The van der Waals surface area contributed by atoms with E-state index in [1.165, 1.54) is 19.3 Å². The molecule has 2 fully saturated rings. The molecule has 4 atom stereocenters. The second-order valence-electron chi connectivity index (χ2n) is 4.51. The van der Waals surface area contributed by atoms with Crippen LogP contribution in [0, 0.1) is 17.8 Å². The first-order valence-corrected chi connectivity index (χ1v) is 5.10. The van der Waals surface area contributed by atoms with Crippen LogP contribution in [0.2, 0.25) is 0 Å². The van der Waals surface area contributed by atoms with Crippen molar-refractivity contribution in [3.8, 4) is 0 Å². The normalized spacial score (nSPS) is 43.0. The molecule has 70 valence electrons. The van der Waals surface area contributed by atoms with Crippen molar-refractivity contribution in [3.05, 3.63) is 0 Å². The van der Waals surface area contributed by atoms with Crippen LogP contribution >= 0.6 is 0 Å². The fraction of sp³-hybridized carbons (Fsp3) is 1.00. The van der Waals surface area contributed by atoms with E-state index in [1.54, 1.807) is 0 Å². The Hall–Kier alpha value is -0.0800. The Labute approximate surface area is 74.5 Å². The Morgan fingerprint density at radius 3 is 2.83 bits per heavy atom. The summed E-state index contributed by atoms with van der Waals surface area (Å²) in [5.74, 6) is 2.47. The van der Waals surface area contributed by atoms with Gasteiger partial charge in [0.05, 0.1) is 0 Å². The fourth-order valence-corrected chi connectivity index (χ4v) is 2.28. The van der Waals surface area contributed by atoms with Crippen molar-refractivity contribution in [1.29, 1.82) is 0 Å². The van der Waals surface area contributed by atoms with Crippen LogP contribution in [0.15, 0.2) is 0 Å². The van der Waals surface area contributed by atoms with Gasteiger partial charge >= 0.3 is 0 Å². The lowest BCUT2D eigenvalue weighted by atomic mass is 9.96. The maximum atomic E-state index is 6.09. The lowest BCUT2D eigenvalue weighted by Gasteiger charge is -2.14. The predicted octanol–water partition coefficient (Wildman–Crippen LogP) is 1.40. The van der Waals surface area contributed by atoms with Crippen LogP contribution in [-0.2, 0) is 4.74 Å². The molecule has 1 heterocycles. The van der Waals surface area contributed by atoms with Gasteiger partial charge < -0.3 is 10.5 Å². The van der Waals surface area contributed by atoms with Crippen molar-refractivity contribution >= 4 is 0 Å². The predicted molar refractivity (Wildman–Crippen MR) is 48.8 cm³/mol. The van der Waals surface area contributed by atoms with Gasteiger partial charge in [-0.2, -0.15) is 0 Å². The van der Waals surface area contributed by atoms with Crippen LogP contribution in [-0.4, -0.2) is 19.3 Å². The van der Waals surface area contributed by atoms with Crippen LogP contribution in [0.1, 0.15) is 26.2 Å². The number of ether oxygens (including phenoxy) is 1. The molecule has 2 aliphatic rings. The molecule has 2 rings (SSSR count). The SMILES string of the molecule is CC1CC1C(N)CC1CCOC1. The first-order valence-electron chi connectivity index (χ1n) is 5.10. The highest BCUT2D eigenvalue weighted by Crippen LogP contribution is 2.41. The summed E-state index contributed by atoms with van der Waals surface area (Å²) in [7, 11) is 0. The third-order valence-corrected chi connectivity index (χ3v) is 3.35. The zero-order valence-electron chi connectivity index (χ0n) is 7.83. The lowest BCUT2D eigenvalue weighted by Crippen LogP contribution is -2.26. The van der Waals surface area contributed by atoms with Gasteiger partial charge in [0.15, 0.2) is 0 Å². The van der Waals surface area contributed by atoms with Crippen molar-refractivity contribution in [1.82, 2.24) is 0 Å². The molecule has 2 heteroatoms. The van der Waals surface area contributed by atoms with Crippen LogP contribution in [0.25, 0.3) is 0 Å². The molecule has 1 aliphatic heterocycles. The first-order chi connectivity index (χ1) is 5.77. The summed E-state index contributed by atoms with van der Waals surface area (Å²) in [6.45, 7) is 4.21. The highest BCUT2D eigenvalue weighted by atomic mass is 16.5. The summed E-state index contributed by atoms with van der Waals surface area (Å²) in [5.41, 5.74) is 6.09. The molecule has 1 saturated carbocycles. The number of nitrogens with two attached hydrogens (primary N) is 1. The molecule has 2 N–H and O–H groups in total. The molecule has 0 radical (unpaired) electrons. The summed E-state index contributed by atoms with van der Waals surface area (Å²) in [4.78, 5) is 0. The zero-order chi connectivity index (χ0) is 8.55. The van der Waals surface area contributed by atoms with Crippen molar-refractivity contribution in [3.63, 3.8) is 0 Å². The van der Waals surface area contributed by atoms with Crippen LogP contribution in [0.3, 0.4) is 0 Å². The summed E-state index contributed by atoms with van der Waals surface area (Å²) in [6.07, 6.45) is 3.78. The van der Waals surface area contributed by atoms with Crippen LogP contribution in [0.5, 0.6) is 0 Å². The van der Waals surface area contributed by atoms with E-state index in [9.17, 15) is 0 Å². The Kier molecular flexibility index (Phi) is 2.37. The van der Waals surface area contributed by atoms with Gasteiger partial charge in [0.2, 0.25) is 0 Å². The Balaban J connectivity index is 1.71. The van der Waals surface area contributed by atoms with Gasteiger partial charge in [0, 0.05) is 19.3 Å². The molecule has 0 amide bonds. The van der Waals surface area contributed by atoms with E-state index in [-0.39, 0.29) is 0 Å². The minimum absolute atomic E-state index is 0.451. The van der Waals surface area contributed by atoms with Gasteiger partial charge in [-0.3, -0.25) is 0 Å². The van der Waals surface area contributed by atoms with Gasteiger partial charge in [-0.25, -0.2) is 0 Å². The fourth-order valence-electron chi connectivity index (χ4n) is 2.28. The summed E-state index contributed by atoms with van der Waals surface area (Å²) >= 11 is 0. The molecule has 0 aromatic rings. The Bertz CT molecular complexity index is 154. The van der Waals surface area contributed by atoms with E-state index < -0.39 is 0 Å². The smallest absolute Gasteiger partial charge is 0.0495 e. The number of hydrogen-bond acceptors (Lipinski definition) is 2. The highest BCUT2D eigenvalue weighted by molar-refractivity contribution is 4.91. The highest BCUT2D eigenvalue weighted by Gasteiger charge is 2.38. The standard InChI is InChI=1S/C10H19NO/c1-7-4-9(7)10(11)5-8-2-3-12-6-8/h7-10H,2-6,11H2,1H3. The second-order valence-corrected chi connectivity index (χ2v) is 4.51. The third-order valence-electron chi connectivity index (χ3n) is 3.35. The molecular weight excluding hydrogens is 150 g/mol. The molecule has 4 unspecified atom stereocenters. The van der Waals surface area contributed by atoms with Gasteiger partial charge in [-0.05, 0) is 37.0 Å². The minimum Gasteiger partial charge on any atom is -0.381 e. The minimum atomic E-state index is 0.451. The van der Waals surface area contributed by atoms with Gasteiger partial charge in [-0.15, -0.1) is 0 Å². The number of hydrogen-bond donors (Lipinski definition) is 1. The van der Waals surface area contributed by atoms with E-state index in [4.69, 9.17) is 10.5 Å². The molecule has 0 bridgehead atoms. The average Bonchev–Trinajstić information content (AvgIpc) is 2.58. The van der Waals surface area contributed by atoms with Crippen molar-refractivity contribution in [2.75, 3.05) is 13.2 Å². The summed E-state index contributed by atoms with van der Waals surface area (Å²) in [5, 5.41) is 0. The van der Waals surface area contributed by atoms with Crippen LogP contribution < -0.4 is 5.73 Å². The van der Waals surface area contributed by atoms with E-state index in [0.29, 0.717) is 6.04 Å². The molecule has 1 aliphatic carbocycles. The Morgan fingerprint density at radius 2 is 2.33 bits per heavy atom. The molecule has 0 spiro atoms. The summed E-state index contributed by atoms with van der Waals surface area (Å²) < 4.78 is 5.33. The molecular formula is C10H19NO. The van der Waals surface area contributed by atoms with Gasteiger partial charge in [0.1, 0.15) is 0 Å². The van der Waals surface area contributed by atoms with Gasteiger partial charge in [0.25, 0.3) is 0 Å². The topological polar surface area (TPSA) is 35.2 Å². The number of rotatable bonds is 3. The summed E-state index contributed by atoms with van der Waals surface area (Å²) in [6, 6.07) is 0.451. The maximum Gasteiger partial charge on any atom is 0.0495 e. The molecule has 12 heavy (non-hydrogen) atoms. The monoisotopic (exact) mass is 169 g/mol. The van der Waals surface area contributed by atoms with E-state index >= 15 is 0 Å². The Morgan fingerprint density at radius 1 is 1.58 bits per heavy atom. The second kappa shape index (κ2) is 3.35. The first kappa shape index (κ1) is 8.52. The van der Waals surface area contributed by atoms with Gasteiger partial charge in [-0.1, -0.05) is 6.92 Å². The molecule has 2 nitrogen and oxygen atoms in total.